The zero-order valence-corrected chi connectivity index (χ0v) is 12.4. The second-order valence-electron chi connectivity index (χ2n) is 6.48. The molecule has 0 radical (unpaired) electrons. The summed E-state index contributed by atoms with van der Waals surface area (Å²) in [6, 6.07) is -0.0891. The Hall–Kier alpha value is -0.570. The fourth-order valence-electron chi connectivity index (χ4n) is 1.49. The lowest BCUT2D eigenvalue weighted by molar-refractivity contribution is -0.122. The van der Waals surface area contributed by atoms with Crippen molar-refractivity contribution in [3.8, 4) is 0 Å². The Morgan fingerprint density at radius 2 is 1.76 bits per heavy atom. The van der Waals surface area contributed by atoms with Crippen LogP contribution in [0.1, 0.15) is 54.4 Å². The molecule has 1 unspecified atom stereocenters. The number of hydrogen-bond donors (Lipinski definition) is 2. The van der Waals surface area contributed by atoms with E-state index in [4.69, 9.17) is 0 Å². The van der Waals surface area contributed by atoms with Crippen molar-refractivity contribution in [1.29, 1.82) is 0 Å². The first-order valence-corrected chi connectivity index (χ1v) is 6.73. The van der Waals surface area contributed by atoms with Crippen LogP contribution in [-0.2, 0) is 4.79 Å². The van der Waals surface area contributed by atoms with E-state index in [1.165, 1.54) is 6.42 Å². The van der Waals surface area contributed by atoms with Gasteiger partial charge in [-0.05, 0) is 37.6 Å². The molecule has 102 valence electrons. The maximum atomic E-state index is 11.7. The molecule has 0 fully saturated rings. The lowest BCUT2D eigenvalue weighted by Gasteiger charge is -2.19. The maximum Gasteiger partial charge on any atom is 0.236 e. The molecule has 0 saturated carbocycles. The van der Waals surface area contributed by atoms with Crippen molar-refractivity contribution in [2.24, 2.45) is 11.3 Å². The first-order chi connectivity index (χ1) is 7.72. The molecule has 0 rings (SSSR count). The first-order valence-electron chi connectivity index (χ1n) is 6.73. The van der Waals surface area contributed by atoms with Gasteiger partial charge in [0, 0.05) is 6.54 Å². The summed E-state index contributed by atoms with van der Waals surface area (Å²) in [5.41, 5.74) is 0.380. The molecule has 0 aromatic carbocycles. The Labute approximate surface area is 107 Å². The summed E-state index contributed by atoms with van der Waals surface area (Å²) < 4.78 is 0. The minimum atomic E-state index is -0.0891. The molecule has 1 amide bonds. The molecule has 3 heteroatoms. The van der Waals surface area contributed by atoms with Gasteiger partial charge in [-0.15, -0.1) is 0 Å². The zero-order valence-electron chi connectivity index (χ0n) is 12.4. The van der Waals surface area contributed by atoms with Crippen LogP contribution < -0.4 is 10.6 Å². The van der Waals surface area contributed by atoms with Gasteiger partial charge in [-0.3, -0.25) is 4.79 Å². The van der Waals surface area contributed by atoms with Gasteiger partial charge in [0.05, 0.1) is 6.04 Å². The van der Waals surface area contributed by atoms with Gasteiger partial charge in [-0.2, -0.15) is 0 Å². The Balaban J connectivity index is 3.64. The monoisotopic (exact) mass is 242 g/mol. The molecule has 0 heterocycles. The molecule has 0 aliphatic carbocycles. The highest BCUT2D eigenvalue weighted by Gasteiger charge is 2.13. The van der Waals surface area contributed by atoms with Crippen LogP contribution in [0, 0.1) is 11.3 Å². The summed E-state index contributed by atoms with van der Waals surface area (Å²) in [5, 5.41) is 6.20. The van der Waals surface area contributed by atoms with Crippen molar-refractivity contribution >= 4 is 5.91 Å². The average molecular weight is 242 g/mol. The first kappa shape index (κ1) is 16.4. The normalized spacial score (nSPS) is 13.8. The van der Waals surface area contributed by atoms with E-state index in [1.807, 2.05) is 6.92 Å². The molecule has 0 aliphatic heterocycles. The molecule has 0 saturated heterocycles. The summed E-state index contributed by atoms with van der Waals surface area (Å²) in [5.74, 6) is 0.612. The summed E-state index contributed by atoms with van der Waals surface area (Å²) in [4.78, 5) is 11.7. The number of carbonyl (C=O) groups excluding carboxylic acids is 1. The van der Waals surface area contributed by atoms with Gasteiger partial charge in [0.1, 0.15) is 0 Å². The van der Waals surface area contributed by atoms with Gasteiger partial charge in [0.15, 0.2) is 0 Å². The highest BCUT2D eigenvalue weighted by Crippen LogP contribution is 2.19. The third kappa shape index (κ3) is 10.3. The number of amides is 1. The van der Waals surface area contributed by atoms with Crippen LogP contribution in [0.3, 0.4) is 0 Å². The SMILES string of the molecule is CC(C)CNC(=O)C(C)NCCCC(C)(C)C. The Kier molecular flexibility index (Phi) is 7.44. The van der Waals surface area contributed by atoms with E-state index >= 15 is 0 Å². The maximum absolute atomic E-state index is 11.7. The van der Waals surface area contributed by atoms with Gasteiger partial charge >= 0.3 is 0 Å². The highest BCUT2D eigenvalue weighted by molar-refractivity contribution is 5.81. The molecule has 0 aromatic heterocycles. The van der Waals surface area contributed by atoms with Crippen LogP contribution >= 0.6 is 0 Å². The number of nitrogens with one attached hydrogen (secondary N) is 2. The largest absolute Gasteiger partial charge is 0.354 e. The van der Waals surface area contributed by atoms with Gasteiger partial charge in [-0.1, -0.05) is 34.6 Å². The fourth-order valence-corrected chi connectivity index (χ4v) is 1.49. The standard InChI is InChI=1S/C14H30N2O/c1-11(2)10-16-13(17)12(3)15-9-7-8-14(4,5)6/h11-12,15H,7-10H2,1-6H3,(H,16,17). The molecule has 1 atom stereocenters. The summed E-state index contributed by atoms with van der Waals surface area (Å²) >= 11 is 0. The summed E-state index contributed by atoms with van der Waals surface area (Å²) in [6.45, 7) is 14.5. The van der Waals surface area contributed by atoms with Crippen molar-refractivity contribution < 1.29 is 4.79 Å². The van der Waals surface area contributed by atoms with Crippen LogP contribution in [0.25, 0.3) is 0 Å². The van der Waals surface area contributed by atoms with Crippen molar-refractivity contribution in [1.82, 2.24) is 10.6 Å². The Bertz CT molecular complexity index is 219. The van der Waals surface area contributed by atoms with E-state index in [9.17, 15) is 4.79 Å². The molecule has 0 spiro atoms. The van der Waals surface area contributed by atoms with Crippen LogP contribution in [0.4, 0.5) is 0 Å². The van der Waals surface area contributed by atoms with E-state index in [0.717, 1.165) is 19.5 Å². The third-order valence-corrected chi connectivity index (χ3v) is 2.63. The Morgan fingerprint density at radius 3 is 2.24 bits per heavy atom. The summed E-state index contributed by atoms with van der Waals surface area (Å²) in [6.07, 6.45) is 2.30. The lowest BCUT2D eigenvalue weighted by Crippen LogP contribution is -2.43. The molecule has 17 heavy (non-hydrogen) atoms. The Morgan fingerprint density at radius 1 is 1.18 bits per heavy atom. The molecule has 2 N–H and O–H groups in total. The van der Waals surface area contributed by atoms with Crippen LogP contribution in [0.5, 0.6) is 0 Å². The van der Waals surface area contributed by atoms with Crippen molar-refractivity contribution in [2.75, 3.05) is 13.1 Å². The number of rotatable bonds is 7. The number of carbonyl (C=O) groups is 1. The topological polar surface area (TPSA) is 41.1 Å². The van der Waals surface area contributed by atoms with Crippen molar-refractivity contribution in [3.63, 3.8) is 0 Å². The predicted octanol–water partition coefficient (Wildman–Crippen LogP) is 2.56. The van der Waals surface area contributed by atoms with E-state index in [2.05, 4.69) is 45.3 Å². The van der Waals surface area contributed by atoms with Gasteiger partial charge in [0.25, 0.3) is 0 Å². The second kappa shape index (κ2) is 7.70. The minimum Gasteiger partial charge on any atom is -0.354 e. The smallest absolute Gasteiger partial charge is 0.236 e. The zero-order chi connectivity index (χ0) is 13.5. The van der Waals surface area contributed by atoms with Crippen LogP contribution in [0.2, 0.25) is 0 Å². The van der Waals surface area contributed by atoms with Crippen molar-refractivity contribution in [3.05, 3.63) is 0 Å². The second-order valence-corrected chi connectivity index (χ2v) is 6.48. The number of hydrogen-bond acceptors (Lipinski definition) is 2. The van der Waals surface area contributed by atoms with E-state index in [1.54, 1.807) is 0 Å². The van der Waals surface area contributed by atoms with E-state index < -0.39 is 0 Å². The molecular formula is C14H30N2O. The third-order valence-electron chi connectivity index (χ3n) is 2.63. The van der Waals surface area contributed by atoms with E-state index in [0.29, 0.717) is 11.3 Å². The fraction of sp³-hybridized carbons (Fsp3) is 0.929. The van der Waals surface area contributed by atoms with E-state index in [-0.39, 0.29) is 11.9 Å². The molecule has 0 aromatic rings. The lowest BCUT2D eigenvalue weighted by atomic mass is 9.90. The molecule has 0 bridgehead atoms. The predicted molar refractivity (Wildman–Crippen MR) is 74.0 cm³/mol. The highest BCUT2D eigenvalue weighted by atomic mass is 16.2. The van der Waals surface area contributed by atoms with Gasteiger partial charge in [-0.25, -0.2) is 0 Å². The van der Waals surface area contributed by atoms with Crippen LogP contribution in [0.15, 0.2) is 0 Å². The van der Waals surface area contributed by atoms with Gasteiger partial charge < -0.3 is 10.6 Å². The molecular weight excluding hydrogens is 212 g/mol. The minimum absolute atomic E-state index is 0.0891. The van der Waals surface area contributed by atoms with Crippen LogP contribution in [-0.4, -0.2) is 25.0 Å². The summed E-state index contributed by atoms with van der Waals surface area (Å²) in [7, 11) is 0. The average Bonchev–Trinajstić information content (AvgIpc) is 2.19. The quantitative estimate of drug-likeness (QED) is 0.674. The van der Waals surface area contributed by atoms with Crippen molar-refractivity contribution in [2.45, 2.75) is 60.4 Å². The van der Waals surface area contributed by atoms with Gasteiger partial charge in [0.2, 0.25) is 5.91 Å². The molecule has 0 aliphatic rings. The molecule has 3 nitrogen and oxygen atoms in total.